The van der Waals surface area contributed by atoms with Crippen LogP contribution in [0.4, 0.5) is 0 Å². The predicted octanol–water partition coefficient (Wildman–Crippen LogP) is 2.06. The lowest BCUT2D eigenvalue weighted by atomic mass is 9.95. The maximum atomic E-state index is 12.2. The van der Waals surface area contributed by atoms with Crippen LogP contribution in [0.3, 0.4) is 0 Å². The number of benzene rings is 1. The first-order valence-electron chi connectivity index (χ1n) is 6.52. The molecule has 0 fully saturated rings. The van der Waals surface area contributed by atoms with Gasteiger partial charge in [0.1, 0.15) is 0 Å². The van der Waals surface area contributed by atoms with E-state index in [1.807, 2.05) is 56.1 Å². The lowest BCUT2D eigenvalue weighted by Gasteiger charge is -2.34. The number of carbonyl (C=O) groups is 1. The van der Waals surface area contributed by atoms with Crippen molar-refractivity contribution in [3.8, 4) is 0 Å². The van der Waals surface area contributed by atoms with Crippen LogP contribution >= 0.6 is 0 Å². The summed E-state index contributed by atoms with van der Waals surface area (Å²) in [5, 5.41) is 3.37. The fourth-order valence-electron chi connectivity index (χ4n) is 2.27. The van der Waals surface area contributed by atoms with Crippen molar-refractivity contribution in [2.24, 2.45) is 0 Å². The zero-order valence-electron chi connectivity index (χ0n) is 11.6. The molecule has 0 amide bonds. The van der Waals surface area contributed by atoms with Gasteiger partial charge in [0.2, 0.25) is 0 Å². The largest absolute Gasteiger partial charge is 0.463 e. The van der Waals surface area contributed by atoms with Crippen molar-refractivity contribution in [3.05, 3.63) is 47.2 Å². The van der Waals surface area contributed by atoms with Crippen molar-refractivity contribution in [2.45, 2.75) is 19.9 Å². The highest BCUT2D eigenvalue weighted by atomic mass is 16.5. The number of rotatable bonds is 3. The molecule has 1 aromatic carbocycles. The summed E-state index contributed by atoms with van der Waals surface area (Å²) in [7, 11) is 1.96. The minimum absolute atomic E-state index is 0.101. The predicted molar refractivity (Wildman–Crippen MR) is 74.3 cm³/mol. The molecule has 1 N–H and O–H groups in total. The van der Waals surface area contributed by atoms with E-state index in [0.29, 0.717) is 18.8 Å². The second-order valence-corrected chi connectivity index (χ2v) is 4.62. The van der Waals surface area contributed by atoms with E-state index in [2.05, 4.69) is 5.32 Å². The van der Waals surface area contributed by atoms with Crippen LogP contribution in [0.15, 0.2) is 41.6 Å². The van der Waals surface area contributed by atoms with Gasteiger partial charge >= 0.3 is 5.97 Å². The van der Waals surface area contributed by atoms with E-state index in [9.17, 15) is 4.79 Å². The molecule has 2 rings (SSSR count). The molecule has 102 valence electrons. The van der Waals surface area contributed by atoms with Gasteiger partial charge in [-0.3, -0.25) is 5.32 Å². The molecule has 4 heteroatoms. The third kappa shape index (κ3) is 2.79. The highest BCUT2D eigenvalue weighted by molar-refractivity contribution is 5.91. The molecule has 0 saturated heterocycles. The lowest BCUT2D eigenvalue weighted by molar-refractivity contribution is -0.139. The van der Waals surface area contributed by atoms with Crippen LogP contribution in [0.5, 0.6) is 0 Å². The van der Waals surface area contributed by atoms with Crippen molar-refractivity contribution >= 4 is 5.97 Å². The number of nitrogens with one attached hydrogen (secondary N) is 1. The van der Waals surface area contributed by atoms with Gasteiger partial charge in [-0.15, -0.1) is 0 Å². The molecule has 4 nitrogen and oxygen atoms in total. The normalized spacial score (nSPS) is 19.5. The Hall–Kier alpha value is -1.81. The number of ether oxygens (including phenoxy) is 1. The van der Waals surface area contributed by atoms with Gasteiger partial charge in [-0.2, -0.15) is 0 Å². The van der Waals surface area contributed by atoms with E-state index in [1.54, 1.807) is 0 Å². The average Bonchev–Trinajstić information content (AvgIpc) is 2.42. The van der Waals surface area contributed by atoms with Gasteiger partial charge in [-0.1, -0.05) is 30.3 Å². The number of hydrogen-bond donors (Lipinski definition) is 1. The van der Waals surface area contributed by atoms with Crippen molar-refractivity contribution in [2.75, 3.05) is 20.3 Å². The maximum Gasteiger partial charge on any atom is 0.337 e. The molecule has 1 aromatic rings. The molecule has 0 bridgehead atoms. The van der Waals surface area contributed by atoms with Gasteiger partial charge in [0.25, 0.3) is 0 Å². The molecular weight excluding hydrogens is 240 g/mol. The molecule has 1 atom stereocenters. The quantitative estimate of drug-likeness (QED) is 0.845. The Labute approximate surface area is 114 Å². The van der Waals surface area contributed by atoms with Crippen molar-refractivity contribution < 1.29 is 9.53 Å². The van der Waals surface area contributed by atoms with Gasteiger partial charge in [-0.25, -0.2) is 4.79 Å². The van der Waals surface area contributed by atoms with Gasteiger partial charge in [0.15, 0.2) is 0 Å². The third-order valence-electron chi connectivity index (χ3n) is 3.41. The third-order valence-corrected chi connectivity index (χ3v) is 3.41. The Bertz CT molecular complexity index is 482. The fourth-order valence-corrected chi connectivity index (χ4v) is 2.27. The number of hydrogen-bond acceptors (Lipinski definition) is 4. The van der Waals surface area contributed by atoms with Gasteiger partial charge in [0, 0.05) is 12.7 Å². The Balaban J connectivity index is 2.40. The van der Waals surface area contributed by atoms with E-state index in [-0.39, 0.29) is 12.0 Å². The molecule has 1 aliphatic heterocycles. The summed E-state index contributed by atoms with van der Waals surface area (Å²) in [5.41, 5.74) is 2.74. The standard InChI is InChI=1S/C15H20N2O2/c1-4-19-15(18)13-11(2)17(3)10-16-14(13)12-8-6-5-7-9-12/h5-9,14,16H,4,10H2,1-3H3. The van der Waals surface area contributed by atoms with Crippen LogP contribution in [0.1, 0.15) is 25.5 Å². The van der Waals surface area contributed by atoms with Crippen LogP contribution < -0.4 is 5.32 Å². The molecule has 1 heterocycles. The van der Waals surface area contributed by atoms with Crippen molar-refractivity contribution in [3.63, 3.8) is 0 Å². The monoisotopic (exact) mass is 260 g/mol. The van der Waals surface area contributed by atoms with Crippen molar-refractivity contribution in [1.29, 1.82) is 0 Å². The van der Waals surface area contributed by atoms with E-state index >= 15 is 0 Å². The van der Waals surface area contributed by atoms with Crippen LogP contribution in [0.25, 0.3) is 0 Å². The molecule has 0 spiro atoms. The maximum absolute atomic E-state index is 12.2. The summed E-state index contributed by atoms with van der Waals surface area (Å²) in [6, 6.07) is 9.88. The lowest BCUT2D eigenvalue weighted by Crippen LogP contribution is -2.42. The first-order chi connectivity index (χ1) is 9.15. The van der Waals surface area contributed by atoms with Gasteiger partial charge < -0.3 is 9.64 Å². The highest BCUT2D eigenvalue weighted by Crippen LogP contribution is 2.29. The molecule has 0 saturated carbocycles. The summed E-state index contributed by atoms with van der Waals surface area (Å²) >= 11 is 0. The molecule has 0 radical (unpaired) electrons. The minimum atomic E-state index is -0.243. The summed E-state index contributed by atoms with van der Waals surface area (Å²) in [4.78, 5) is 14.2. The first kappa shape index (κ1) is 13.6. The van der Waals surface area contributed by atoms with E-state index in [0.717, 1.165) is 11.3 Å². The average molecular weight is 260 g/mol. The molecule has 0 aliphatic carbocycles. The summed E-state index contributed by atoms with van der Waals surface area (Å²) < 4.78 is 5.19. The zero-order chi connectivity index (χ0) is 13.8. The first-order valence-corrected chi connectivity index (χ1v) is 6.52. The Morgan fingerprint density at radius 2 is 2.11 bits per heavy atom. The Kier molecular flexibility index (Phi) is 4.22. The molecule has 19 heavy (non-hydrogen) atoms. The summed E-state index contributed by atoms with van der Waals surface area (Å²) in [5.74, 6) is -0.243. The van der Waals surface area contributed by atoms with Crippen LogP contribution in [-0.4, -0.2) is 31.2 Å². The number of nitrogens with zero attached hydrogens (tertiary/aromatic N) is 1. The fraction of sp³-hybridized carbons (Fsp3) is 0.400. The molecule has 1 aliphatic rings. The number of allylic oxidation sites excluding steroid dienone is 1. The van der Waals surface area contributed by atoms with Gasteiger partial charge in [-0.05, 0) is 19.4 Å². The Morgan fingerprint density at radius 3 is 2.74 bits per heavy atom. The van der Waals surface area contributed by atoms with Crippen molar-refractivity contribution in [1.82, 2.24) is 10.2 Å². The molecule has 0 aromatic heterocycles. The molecular formula is C15H20N2O2. The number of carbonyl (C=O) groups excluding carboxylic acids is 1. The highest BCUT2D eigenvalue weighted by Gasteiger charge is 2.30. The topological polar surface area (TPSA) is 41.6 Å². The second kappa shape index (κ2) is 5.89. The van der Waals surface area contributed by atoms with Crippen LogP contribution in [0, 0.1) is 0 Å². The van der Waals surface area contributed by atoms with Crippen LogP contribution in [-0.2, 0) is 9.53 Å². The van der Waals surface area contributed by atoms with E-state index in [1.165, 1.54) is 0 Å². The van der Waals surface area contributed by atoms with Crippen LogP contribution in [0.2, 0.25) is 0 Å². The number of esters is 1. The molecule has 1 unspecified atom stereocenters. The Morgan fingerprint density at radius 1 is 1.42 bits per heavy atom. The van der Waals surface area contributed by atoms with Gasteiger partial charge in [0.05, 0.1) is 24.9 Å². The smallest absolute Gasteiger partial charge is 0.337 e. The van der Waals surface area contributed by atoms with E-state index in [4.69, 9.17) is 4.74 Å². The SMILES string of the molecule is CCOC(=O)C1=C(C)N(C)CNC1c1ccccc1. The second-order valence-electron chi connectivity index (χ2n) is 4.62. The summed E-state index contributed by atoms with van der Waals surface area (Å²) in [6.45, 7) is 4.89. The van der Waals surface area contributed by atoms with E-state index < -0.39 is 0 Å². The zero-order valence-corrected chi connectivity index (χ0v) is 11.6. The summed E-state index contributed by atoms with van der Waals surface area (Å²) in [6.07, 6.45) is 0. The minimum Gasteiger partial charge on any atom is -0.463 e.